The van der Waals surface area contributed by atoms with Crippen LogP contribution in [0.3, 0.4) is 0 Å². The molecule has 3 aromatic carbocycles. The number of carbonyl (C=O) groups excluding carboxylic acids is 2. The molecule has 0 bridgehead atoms. The number of rotatable bonds is 14. The van der Waals surface area contributed by atoms with Crippen LogP contribution in [0.25, 0.3) is 22.3 Å². The van der Waals surface area contributed by atoms with Crippen LogP contribution in [0.1, 0.15) is 51.3 Å². The molecule has 0 aliphatic carbocycles. The molecule has 6 nitrogen and oxygen atoms in total. The predicted octanol–water partition coefficient (Wildman–Crippen LogP) is 7.31. The normalized spacial score (nSPS) is 12.5. The fourth-order valence-corrected chi connectivity index (χ4v) is 4.28. The second kappa shape index (κ2) is 16.2. The summed E-state index contributed by atoms with van der Waals surface area (Å²) >= 11 is 0. The molecule has 3 aromatic rings. The summed E-state index contributed by atoms with van der Waals surface area (Å²) in [6.45, 7) is 11.0. The first-order chi connectivity index (χ1) is 19.8. The Hall–Kier alpha value is -4.16. The van der Waals surface area contributed by atoms with Crippen LogP contribution in [0.15, 0.2) is 84.9 Å². The Morgan fingerprint density at radius 2 is 1.46 bits per heavy atom. The number of ether oxygens (including phenoxy) is 4. The molecule has 0 spiro atoms. The summed E-state index contributed by atoms with van der Waals surface area (Å²) in [6.07, 6.45) is 3.43. The second-order valence-corrected chi connectivity index (χ2v) is 9.48. The van der Waals surface area contributed by atoms with Crippen molar-refractivity contribution in [3.05, 3.63) is 102 Å². The monoisotopic (exact) mass is 556 g/mol. The van der Waals surface area contributed by atoms with Crippen molar-refractivity contribution < 1.29 is 28.5 Å². The van der Waals surface area contributed by atoms with Gasteiger partial charge in [-0.3, -0.25) is 0 Å². The highest BCUT2D eigenvalue weighted by molar-refractivity contribution is 5.91. The van der Waals surface area contributed by atoms with Crippen LogP contribution >= 0.6 is 0 Å². The van der Waals surface area contributed by atoms with E-state index in [0.29, 0.717) is 32.8 Å². The molecule has 0 saturated carbocycles. The van der Waals surface area contributed by atoms with Gasteiger partial charge in [0.15, 0.2) is 6.10 Å². The molecule has 0 fully saturated rings. The Bertz CT molecular complexity index is 1340. The molecule has 3 rings (SSSR count). The highest BCUT2D eigenvalue weighted by Crippen LogP contribution is 2.26. The number of hydrogen-bond donors (Lipinski definition) is 0. The van der Waals surface area contributed by atoms with Crippen LogP contribution in [-0.2, 0) is 30.2 Å². The van der Waals surface area contributed by atoms with Crippen LogP contribution in [-0.4, -0.2) is 44.5 Å². The van der Waals surface area contributed by atoms with Crippen LogP contribution < -0.4 is 4.74 Å². The highest BCUT2D eigenvalue weighted by Gasteiger charge is 2.20. The molecule has 6 heteroatoms. The Morgan fingerprint density at radius 1 is 0.756 bits per heavy atom. The molecule has 216 valence electrons. The van der Waals surface area contributed by atoms with Crippen molar-refractivity contribution in [3.8, 4) is 16.9 Å². The molecule has 1 atom stereocenters. The lowest BCUT2D eigenvalue weighted by molar-refractivity contribution is -0.156. The summed E-state index contributed by atoms with van der Waals surface area (Å²) in [5.74, 6) is 0.0873. The van der Waals surface area contributed by atoms with Crippen LogP contribution in [0, 0.1) is 0 Å². The van der Waals surface area contributed by atoms with E-state index in [0.717, 1.165) is 44.7 Å². The van der Waals surface area contributed by atoms with Crippen molar-refractivity contribution in [1.82, 2.24) is 0 Å². The number of benzene rings is 3. The first-order valence-electron chi connectivity index (χ1n) is 14.1. The molecular formula is C35H40O6. The van der Waals surface area contributed by atoms with Crippen molar-refractivity contribution in [2.45, 2.75) is 47.1 Å². The first kappa shape index (κ1) is 31.4. The zero-order valence-electron chi connectivity index (χ0n) is 24.6. The first-order valence-corrected chi connectivity index (χ1v) is 14.1. The lowest BCUT2D eigenvalue weighted by Crippen LogP contribution is -2.28. The van der Waals surface area contributed by atoms with Gasteiger partial charge in [0.05, 0.1) is 13.2 Å². The molecule has 0 heterocycles. The third-order valence-corrected chi connectivity index (χ3v) is 6.51. The number of carbonyl (C=O) groups is 2. The number of esters is 2. The van der Waals surface area contributed by atoms with E-state index >= 15 is 0 Å². The third kappa shape index (κ3) is 9.76. The van der Waals surface area contributed by atoms with Crippen molar-refractivity contribution in [2.75, 3.05) is 26.4 Å². The maximum atomic E-state index is 12.1. The minimum Gasteiger partial charge on any atom is -0.490 e. The highest BCUT2D eigenvalue weighted by atomic mass is 16.6. The quantitative estimate of drug-likeness (QED) is 0.153. The van der Waals surface area contributed by atoms with Gasteiger partial charge in [-0.15, -0.1) is 0 Å². The van der Waals surface area contributed by atoms with Crippen LogP contribution in [0.4, 0.5) is 0 Å². The van der Waals surface area contributed by atoms with Crippen molar-refractivity contribution in [2.24, 2.45) is 0 Å². The van der Waals surface area contributed by atoms with Gasteiger partial charge >= 0.3 is 11.9 Å². The Balaban J connectivity index is 1.58. The minimum absolute atomic E-state index is 0.329. The topological polar surface area (TPSA) is 71.1 Å². The van der Waals surface area contributed by atoms with Gasteiger partial charge in [0, 0.05) is 19.1 Å². The fourth-order valence-electron chi connectivity index (χ4n) is 4.28. The predicted molar refractivity (Wildman–Crippen MR) is 164 cm³/mol. The summed E-state index contributed by atoms with van der Waals surface area (Å²) < 4.78 is 21.6. The molecule has 1 unspecified atom stereocenters. The Morgan fingerprint density at radius 3 is 2.12 bits per heavy atom. The summed E-state index contributed by atoms with van der Waals surface area (Å²) in [4.78, 5) is 23.9. The lowest BCUT2D eigenvalue weighted by Gasteiger charge is -2.15. The number of allylic oxidation sites excluding steroid dienone is 2. The Kier molecular flexibility index (Phi) is 12.4. The standard InChI is InChI=1S/C35H40O6/c1-6-38-33(35(37)40-8-3)23-27-12-18-32(19-13-27)41-21-20-25(4)28-14-16-29(17-15-28)31-11-9-10-30(24-31)26(5)22-34(36)39-7-2/h9-20,22,24,33H,6-8,21,23H2,1-5H3/b25-20+,26-22+. The minimum atomic E-state index is -0.607. The summed E-state index contributed by atoms with van der Waals surface area (Å²) in [7, 11) is 0. The van der Waals surface area contributed by atoms with E-state index in [1.165, 1.54) is 6.08 Å². The molecule has 0 aliphatic rings. The lowest BCUT2D eigenvalue weighted by atomic mass is 9.97. The number of hydrogen-bond acceptors (Lipinski definition) is 6. The molecule has 0 radical (unpaired) electrons. The molecule has 0 N–H and O–H groups in total. The zero-order chi connectivity index (χ0) is 29.6. The average Bonchev–Trinajstić information content (AvgIpc) is 2.98. The van der Waals surface area contributed by atoms with Gasteiger partial charge in [0.1, 0.15) is 12.4 Å². The molecule has 0 saturated heterocycles. The van der Waals surface area contributed by atoms with Gasteiger partial charge < -0.3 is 18.9 Å². The van der Waals surface area contributed by atoms with E-state index in [1.54, 1.807) is 13.8 Å². The second-order valence-electron chi connectivity index (χ2n) is 9.48. The molecule has 0 aromatic heterocycles. The molecule has 0 amide bonds. The van der Waals surface area contributed by atoms with Crippen LogP contribution in [0.5, 0.6) is 5.75 Å². The molecule has 41 heavy (non-hydrogen) atoms. The summed E-state index contributed by atoms with van der Waals surface area (Å²) in [5, 5.41) is 0. The van der Waals surface area contributed by atoms with E-state index in [4.69, 9.17) is 18.9 Å². The van der Waals surface area contributed by atoms with E-state index in [-0.39, 0.29) is 11.9 Å². The van der Waals surface area contributed by atoms with Crippen LogP contribution in [0.2, 0.25) is 0 Å². The van der Waals surface area contributed by atoms with E-state index < -0.39 is 6.10 Å². The van der Waals surface area contributed by atoms with Gasteiger partial charge in [-0.25, -0.2) is 9.59 Å². The SMILES string of the molecule is CCOC(=O)/C=C(\C)c1cccc(-c2ccc(/C(C)=C/COc3ccc(CC(OCC)C(=O)OCC)cc3)cc2)c1. The Labute approximate surface area is 243 Å². The smallest absolute Gasteiger partial charge is 0.335 e. The van der Waals surface area contributed by atoms with Crippen molar-refractivity contribution >= 4 is 23.1 Å². The maximum absolute atomic E-state index is 12.1. The van der Waals surface area contributed by atoms with E-state index in [1.807, 2.05) is 50.2 Å². The fraction of sp³-hybridized carbons (Fsp3) is 0.314. The molecule has 0 aliphatic heterocycles. The maximum Gasteiger partial charge on any atom is 0.335 e. The summed E-state index contributed by atoms with van der Waals surface area (Å²) in [6, 6.07) is 24.2. The average molecular weight is 557 g/mol. The zero-order valence-corrected chi connectivity index (χ0v) is 24.6. The molecular weight excluding hydrogens is 516 g/mol. The van der Waals surface area contributed by atoms with Gasteiger partial charge in [-0.05, 0) is 97.9 Å². The van der Waals surface area contributed by atoms with Gasteiger partial charge in [-0.1, -0.05) is 54.6 Å². The largest absolute Gasteiger partial charge is 0.490 e. The van der Waals surface area contributed by atoms with E-state index in [9.17, 15) is 9.59 Å². The van der Waals surface area contributed by atoms with Crippen molar-refractivity contribution in [1.29, 1.82) is 0 Å². The van der Waals surface area contributed by atoms with Crippen molar-refractivity contribution in [3.63, 3.8) is 0 Å². The van der Waals surface area contributed by atoms with Gasteiger partial charge in [0.25, 0.3) is 0 Å². The summed E-state index contributed by atoms with van der Waals surface area (Å²) in [5.41, 5.74) is 7.22. The van der Waals surface area contributed by atoms with E-state index in [2.05, 4.69) is 49.4 Å². The van der Waals surface area contributed by atoms with Gasteiger partial charge in [0.2, 0.25) is 0 Å². The van der Waals surface area contributed by atoms with Gasteiger partial charge in [-0.2, -0.15) is 0 Å². The third-order valence-electron chi connectivity index (χ3n) is 6.51.